The van der Waals surface area contributed by atoms with Crippen molar-refractivity contribution in [1.82, 2.24) is 0 Å². The highest BCUT2D eigenvalue weighted by Gasteiger charge is 2.31. The highest BCUT2D eigenvalue weighted by atomic mass is 19.3. The molecule has 2 saturated carbocycles. The molecule has 0 bridgehead atoms. The van der Waals surface area contributed by atoms with E-state index in [0.717, 1.165) is 43.4 Å². The summed E-state index contributed by atoms with van der Waals surface area (Å²) in [6.45, 7) is 2.25. The molecule has 0 unspecified atom stereocenters. The van der Waals surface area contributed by atoms with Gasteiger partial charge in [0.2, 0.25) is 0 Å². The largest absolute Gasteiger partial charge is 0.453 e. The summed E-state index contributed by atoms with van der Waals surface area (Å²) in [6.07, 6.45) is 11.4. The number of hydrogen-bond acceptors (Lipinski definition) is 1. The Kier molecular flexibility index (Phi) is 8.02. The van der Waals surface area contributed by atoms with Gasteiger partial charge < -0.3 is 4.74 Å². The van der Waals surface area contributed by atoms with Crippen molar-refractivity contribution in [2.45, 2.75) is 83.5 Å². The third-order valence-corrected chi connectivity index (χ3v) is 7.05. The first-order valence-corrected chi connectivity index (χ1v) is 11.1. The Labute approximate surface area is 171 Å². The van der Waals surface area contributed by atoms with Crippen molar-refractivity contribution in [3.63, 3.8) is 0 Å². The van der Waals surface area contributed by atoms with Gasteiger partial charge in [0, 0.05) is 0 Å². The highest BCUT2D eigenvalue weighted by molar-refractivity contribution is 5.34. The minimum Gasteiger partial charge on any atom is -0.453 e. The van der Waals surface area contributed by atoms with Gasteiger partial charge in [0.15, 0.2) is 23.6 Å². The predicted molar refractivity (Wildman–Crippen MR) is 107 cm³/mol. The molecule has 0 aliphatic heterocycles. The van der Waals surface area contributed by atoms with Crippen molar-refractivity contribution >= 4 is 0 Å². The van der Waals surface area contributed by atoms with E-state index in [2.05, 4.69) is 11.7 Å². The summed E-state index contributed by atoms with van der Waals surface area (Å²) in [5, 5.41) is 0. The van der Waals surface area contributed by atoms with Crippen molar-refractivity contribution < 1.29 is 22.3 Å². The van der Waals surface area contributed by atoms with E-state index < -0.39 is 23.5 Å². The standard InChI is InChI=1S/C24H32F4O/c1-2-3-4-16-5-7-17(8-6-16)18-9-11-19(12-10-18)20-13-21(25)24(22(26)14-20)29-15-23(27)28/h13-19H,2-12H2,1H3. The topological polar surface area (TPSA) is 9.23 Å². The SMILES string of the molecule is CCCCC1CCC(C2CCC(c3cc(F)c(OC=C(F)F)c(F)c3)CC2)CC1. The summed E-state index contributed by atoms with van der Waals surface area (Å²) in [5.74, 6) is -0.0486. The molecule has 0 saturated heterocycles. The minimum absolute atomic E-state index is 0.0589. The van der Waals surface area contributed by atoms with Gasteiger partial charge in [-0.2, -0.15) is 8.78 Å². The lowest BCUT2D eigenvalue weighted by Crippen LogP contribution is -2.25. The van der Waals surface area contributed by atoms with Crippen LogP contribution in [0.1, 0.15) is 89.0 Å². The van der Waals surface area contributed by atoms with Crippen LogP contribution in [0.3, 0.4) is 0 Å². The van der Waals surface area contributed by atoms with Crippen LogP contribution in [0.4, 0.5) is 17.6 Å². The Morgan fingerprint density at radius 2 is 1.48 bits per heavy atom. The molecule has 2 aliphatic carbocycles. The van der Waals surface area contributed by atoms with Gasteiger partial charge in [0.05, 0.1) is 0 Å². The molecular weight excluding hydrogens is 380 g/mol. The van der Waals surface area contributed by atoms with Gasteiger partial charge >= 0.3 is 6.08 Å². The van der Waals surface area contributed by atoms with Crippen molar-refractivity contribution in [2.75, 3.05) is 0 Å². The van der Waals surface area contributed by atoms with Crippen LogP contribution >= 0.6 is 0 Å². The number of benzene rings is 1. The Morgan fingerprint density at radius 3 is 2.00 bits per heavy atom. The van der Waals surface area contributed by atoms with E-state index in [4.69, 9.17) is 0 Å². The molecule has 3 rings (SSSR count). The maximum absolute atomic E-state index is 14.2. The number of unbranched alkanes of at least 4 members (excludes halogenated alkanes) is 1. The first kappa shape index (κ1) is 22.2. The van der Waals surface area contributed by atoms with Gasteiger partial charge in [0.1, 0.15) is 0 Å². The maximum atomic E-state index is 14.2. The molecule has 0 aromatic heterocycles. The van der Waals surface area contributed by atoms with Gasteiger partial charge in [-0.1, -0.05) is 39.0 Å². The highest BCUT2D eigenvalue weighted by Crippen LogP contribution is 2.45. The monoisotopic (exact) mass is 412 g/mol. The summed E-state index contributed by atoms with van der Waals surface area (Å²) >= 11 is 0. The zero-order valence-electron chi connectivity index (χ0n) is 17.2. The Bertz CT molecular complexity index is 659. The molecule has 0 N–H and O–H groups in total. The second-order valence-corrected chi connectivity index (χ2v) is 8.87. The van der Waals surface area contributed by atoms with Crippen molar-refractivity contribution in [3.05, 3.63) is 41.7 Å². The molecule has 1 aromatic rings. The van der Waals surface area contributed by atoms with Crippen molar-refractivity contribution in [1.29, 1.82) is 0 Å². The first-order chi connectivity index (χ1) is 14.0. The minimum atomic E-state index is -2.13. The van der Waals surface area contributed by atoms with Crippen LogP contribution in [0.25, 0.3) is 0 Å². The molecule has 1 nitrogen and oxygen atoms in total. The molecule has 5 heteroatoms. The van der Waals surface area contributed by atoms with Gasteiger partial charge in [-0.25, -0.2) is 8.78 Å². The average molecular weight is 413 g/mol. The van der Waals surface area contributed by atoms with E-state index in [9.17, 15) is 17.6 Å². The summed E-state index contributed by atoms with van der Waals surface area (Å²) in [6, 6.07) is 2.48. The van der Waals surface area contributed by atoms with Crippen molar-refractivity contribution in [3.8, 4) is 5.75 Å². The number of rotatable bonds is 7. The fourth-order valence-electron chi connectivity index (χ4n) is 5.40. The Hall–Kier alpha value is -1.52. The molecule has 0 amide bonds. The van der Waals surface area contributed by atoms with E-state index in [-0.39, 0.29) is 12.2 Å². The average Bonchev–Trinajstić information content (AvgIpc) is 2.72. The van der Waals surface area contributed by atoms with Crippen LogP contribution in [-0.4, -0.2) is 0 Å². The summed E-state index contributed by atoms with van der Waals surface area (Å²) in [4.78, 5) is 0. The lowest BCUT2D eigenvalue weighted by Gasteiger charge is -2.38. The van der Waals surface area contributed by atoms with E-state index in [0.29, 0.717) is 5.56 Å². The van der Waals surface area contributed by atoms with Crippen LogP contribution in [0.15, 0.2) is 24.5 Å². The van der Waals surface area contributed by atoms with Crippen molar-refractivity contribution in [2.24, 2.45) is 17.8 Å². The molecule has 0 spiro atoms. The van der Waals surface area contributed by atoms with Crippen LogP contribution in [0.5, 0.6) is 5.75 Å². The fraction of sp³-hybridized carbons (Fsp3) is 0.667. The number of ether oxygens (including phenoxy) is 1. The molecule has 1 aromatic carbocycles. The van der Waals surface area contributed by atoms with Gasteiger partial charge in [-0.3, -0.25) is 0 Å². The molecule has 0 heterocycles. The molecule has 0 radical (unpaired) electrons. The quantitative estimate of drug-likeness (QED) is 0.323. The molecule has 162 valence electrons. The molecule has 0 atom stereocenters. The van der Waals surface area contributed by atoms with E-state index in [1.54, 1.807) is 0 Å². The third-order valence-electron chi connectivity index (χ3n) is 7.05. The zero-order chi connectivity index (χ0) is 20.8. The fourth-order valence-corrected chi connectivity index (χ4v) is 5.40. The number of halogens is 4. The normalized spacial score (nSPS) is 27.5. The second kappa shape index (κ2) is 10.5. The molecular formula is C24H32F4O. The summed E-state index contributed by atoms with van der Waals surface area (Å²) in [7, 11) is 0. The Morgan fingerprint density at radius 1 is 0.931 bits per heavy atom. The van der Waals surface area contributed by atoms with E-state index in [1.165, 1.54) is 57.1 Å². The van der Waals surface area contributed by atoms with Crippen LogP contribution in [-0.2, 0) is 0 Å². The lowest BCUT2D eigenvalue weighted by atomic mass is 9.68. The summed E-state index contributed by atoms with van der Waals surface area (Å²) in [5.41, 5.74) is 0.610. The van der Waals surface area contributed by atoms with Crippen LogP contribution in [0.2, 0.25) is 0 Å². The smallest absolute Gasteiger partial charge is 0.305 e. The van der Waals surface area contributed by atoms with Gasteiger partial charge in [-0.15, -0.1) is 0 Å². The first-order valence-electron chi connectivity index (χ1n) is 11.1. The van der Waals surface area contributed by atoms with Crippen LogP contribution in [0, 0.1) is 29.4 Å². The predicted octanol–water partition coefficient (Wildman–Crippen LogP) is 8.35. The van der Waals surface area contributed by atoms with E-state index >= 15 is 0 Å². The Balaban J connectivity index is 1.52. The van der Waals surface area contributed by atoms with Crippen LogP contribution < -0.4 is 4.74 Å². The maximum Gasteiger partial charge on any atom is 0.305 e. The number of hydrogen-bond donors (Lipinski definition) is 0. The zero-order valence-corrected chi connectivity index (χ0v) is 17.2. The molecule has 29 heavy (non-hydrogen) atoms. The van der Waals surface area contributed by atoms with Gasteiger partial charge in [-0.05, 0) is 79.9 Å². The molecule has 2 aliphatic rings. The molecule has 2 fully saturated rings. The lowest BCUT2D eigenvalue weighted by molar-refractivity contribution is 0.155. The summed E-state index contributed by atoms with van der Waals surface area (Å²) < 4.78 is 57.0. The van der Waals surface area contributed by atoms with E-state index in [1.807, 2.05) is 0 Å². The second-order valence-electron chi connectivity index (χ2n) is 8.87. The third kappa shape index (κ3) is 5.99. The van der Waals surface area contributed by atoms with Gasteiger partial charge in [0.25, 0.3) is 0 Å².